The second-order valence-corrected chi connectivity index (χ2v) is 23.0. The highest BCUT2D eigenvalue weighted by molar-refractivity contribution is 5.33. The fourth-order valence-electron chi connectivity index (χ4n) is 15.8. The molecule has 0 aromatic rings. The van der Waals surface area contributed by atoms with Crippen LogP contribution in [0.4, 0.5) is 0 Å². The van der Waals surface area contributed by atoms with Gasteiger partial charge in [-0.1, -0.05) is 27.7 Å². The van der Waals surface area contributed by atoms with Gasteiger partial charge < -0.3 is 84.2 Å². The molecule has 9 fully saturated rings. The normalized spacial score (nSPS) is 58.5. The van der Waals surface area contributed by atoms with E-state index >= 15 is 0 Å². The van der Waals surface area contributed by atoms with Crippen LogP contribution in [-0.4, -0.2) is 180 Å². The molecule has 2 spiro atoms. The molecule has 356 valence electrons. The van der Waals surface area contributed by atoms with Gasteiger partial charge in [0.2, 0.25) is 0 Å². The van der Waals surface area contributed by atoms with Gasteiger partial charge in [-0.15, -0.1) is 0 Å². The average molecular weight is 887 g/mol. The Labute approximate surface area is 363 Å². The van der Waals surface area contributed by atoms with Crippen LogP contribution in [0.25, 0.3) is 0 Å². The first-order valence-electron chi connectivity index (χ1n) is 23.2. The topological polar surface area (TPSA) is 267 Å². The Morgan fingerprint density at radius 3 is 1.74 bits per heavy atom. The first kappa shape index (κ1) is 46.4. The first-order chi connectivity index (χ1) is 28.8. The van der Waals surface area contributed by atoms with E-state index in [1.165, 1.54) is 0 Å². The minimum Gasteiger partial charge on any atom is -0.393 e. The molecule has 0 aromatic heterocycles. The van der Waals surface area contributed by atoms with E-state index in [0.717, 1.165) is 32.1 Å². The van der Waals surface area contributed by atoms with Crippen molar-refractivity contribution in [2.24, 2.45) is 44.8 Å². The maximum absolute atomic E-state index is 12.3. The van der Waals surface area contributed by atoms with Crippen LogP contribution in [0.5, 0.6) is 0 Å². The minimum absolute atomic E-state index is 0.0927. The van der Waals surface area contributed by atoms with E-state index in [0.29, 0.717) is 25.7 Å². The van der Waals surface area contributed by atoms with Gasteiger partial charge in [-0.25, -0.2) is 0 Å². The average Bonchev–Trinajstić information content (AvgIpc) is 3.56. The molecule has 24 atom stereocenters. The van der Waals surface area contributed by atoms with Crippen molar-refractivity contribution in [2.75, 3.05) is 19.8 Å². The third kappa shape index (κ3) is 6.72. The Morgan fingerprint density at radius 2 is 1.15 bits per heavy atom. The maximum Gasteiger partial charge on any atom is 0.186 e. The lowest BCUT2D eigenvalue weighted by atomic mass is 9.41. The second kappa shape index (κ2) is 15.4. The van der Waals surface area contributed by atoms with Gasteiger partial charge >= 0.3 is 0 Å². The van der Waals surface area contributed by atoms with Gasteiger partial charge in [-0.05, 0) is 117 Å². The third-order valence-corrected chi connectivity index (χ3v) is 18.9. The minimum atomic E-state index is -1.65. The number of hydrogen-bond acceptors (Lipinski definition) is 17. The zero-order chi connectivity index (χ0) is 44.9. The van der Waals surface area contributed by atoms with E-state index in [-0.39, 0.29) is 65.3 Å². The smallest absolute Gasteiger partial charge is 0.186 e. The highest BCUT2D eigenvalue weighted by atomic mass is 16.8. The summed E-state index contributed by atoms with van der Waals surface area (Å²) < 4.78 is 44.0. The maximum atomic E-state index is 12.3. The molecule has 4 heterocycles. The fourth-order valence-corrected chi connectivity index (χ4v) is 15.8. The summed E-state index contributed by atoms with van der Waals surface area (Å²) in [6.45, 7) is 13.8. The molecule has 4 aliphatic heterocycles. The van der Waals surface area contributed by atoms with E-state index < -0.39 is 109 Å². The molecule has 9 aliphatic rings. The van der Waals surface area contributed by atoms with E-state index in [2.05, 4.69) is 34.6 Å². The number of aliphatic hydroxyl groups excluding tert-OH is 9. The lowest BCUT2D eigenvalue weighted by molar-refractivity contribution is -0.359. The molecule has 17 nitrogen and oxygen atoms in total. The lowest BCUT2D eigenvalue weighted by Crippen LogP contribution is -2.65. The van der Waals surface area contributed by atoms with Crippen LogP contribution < -0.4 is 0 Å². The highest BCUT2D eigenvalue weighted by Gasteiger charge is 2.85. The number of ether oxygens (including phenoxy) is 7. The zero-order valence-electron chi connectivity index (χ0n) is 37.3. The summed E-state index contributed by atoms with van der Waals surface area (Å²) in [4.78, 5) is 0. The molecule has 0 bridgehead atoms. The van der Waals surface area contributed by atoms with E-state index in [1.807, 2.05) is 0 Å². The monoisotopic (exact) mass is 886 g/mol. The SMILES string of the molecule is CC(C)(O)[C@@H]1CC[C@](C)([C@H]2[C@@H](O)C[C@@]3(C)[C@@H]4C[C@H](O[C@H]5OC[C@@H](O)[C@H](O)[C@@H]5O)[C@H]5C(C)(C)[C@@H](O[C@H]6OC[C@H](O)[C@@H](O)[C@H]6O[C@H]6OC[C@@H](O)[C@H](O)[C@@H]6O)CC[C@@]56C[C@@]46CC[C@]23C)O1. The Bertz CT molecular complexity index is 1660. The molecular weight excluding hydrogens is 812 g/mol. The number of rotatable bonds is 8. The molecule has 17 heteroatoms. The van der Waals surface area contributed by atoms with Crippen LogP contribution in [0.3, 0.4) is 0 Å². The quantitative estimate of drug-likeness (QED) is 0.142. The molecule has 9 rings (SSSR count). The summed E-state index contributed by atoms with van der Waals surface area (Å²) in [5.74, 6) is -0.256. The molecule has 62 heavy (non-hydrogen) atoms. The van der Waals surface area contributed by atoms with Crippen molar-refractivity contribution in [3.63, 3.8) is 0 Å². The Balaban J connectivity index is 1.03. The molecule has 0 aromatic carbocycles. The molecule has 0 radical (unpaired) electrons. The summed E-state index contributed by atoms with van der Waals surface area (Å²) in [6, 6.07) is 0. The summed E-state index contributed by atoms with van der Waals surface area (Å²) in [7, 11) is 0. The number of fused-ring (bicyclic) bond motifs is 2. The van der Waals surface area contributed by atoms with Crippen LogP contribution in [0.1, 0.15) is 106 Å². The summed E-state index contributed by atoms with van der Waals surface area (Å²) >= 11 is 0. The zero-order valence-corrected chi connectivity index (χ0v) is 37.3. The van der Waals surface area contributed by atoms with Gasteiger partial charge in [-0.2, -0.15) is 0 Å². The van der Waals surface area contributed by atoms with E-state index in [1.54, 1.807) is 13.8 Å². The molecule has 0 amide bonds. The fraction of sp³-hybridized carbons (Fsp3) is 1.00. The van der Waals surface area contributed by atoms with Crippen LogP contribution in [0, 0.1) is 44.8 Å². The van der Waals surface area contributed by atoms with Crippen LogP contribution in [-0.2, 0) is 33.2 Å². The molecule has 10 N–H and O–H groups in total. The molecule has 4 saturated heterocycles. The van der Waals surface area contributed by atoms with Gasteiger partial charge in [0.1, 0.15) is 54.9 Å². The third-order valence-electron chi connectivity index (χ3n) is 18.9. The van der Waals surface area contributed by atoms with Crippen LogP contribution >= 0.6 is 0 Å². The van der Waals surface area contributed by atoms with Crippen molar-refractivity contribution in [1.82, 2.24) is 0 Å². The van der Waals surface area contributed by atoms with Crippen molar-refractivity contribution < 1.29 is 84.2 Å². The van der Waals surface area contributed by atoms with Gasteiger partial charge in [0.05, 0.1) is 55.4 Å². The van der Waals surface area contributed by atoms with Gasteiger partial charge in [-0.3, -0.25) is 0 Å². The van der Waals surface area contributed by atoms with E-state index in [4.69, 9.17) is 33.2 Å². The van der Waals surface area contributed by atoms with Crippen molar-refractivity contribution in [3.8, 4) is 0 Å². The standard InChI is InChI=1S/C45H74O17/c1-39(2)26(60-38-33(30(52)23(49)18-58-38)61-37-32(54)29(51)22(48)17-57-37)9-11-45-19-44(45)13-12-41(5)34(43(7)10-8-27(62-43)40(3,4)55)20(46)15-42(41,6)25(44)14-24(35(39)45)59-36-31(53)28(50)21(47)16-56-36/h20-38,46-55H,8-19H2,1-7H3/t20-,21+,22+,23-,24-,25-,26-,27-,28-,29-,30+,31-,32-,33+,34-,35-,36+,37+,38+,41+,42-,43+,44-,45+/m0/s1. The first-order valence-corrected chi connectivity index (χ1v) is 23.2. The number of hydrogen-bond donors (Lipinski definition) is 10. The Hall–Kier alpha value is -0.680. The predicted octanol–water partition coefficient (Wildman–Crippen LogP) is -0.173. The lowest BCUT2D eigenvalue weighted by Gasteiger charge is -2.65. The molecule has 5 aliphatic carbocycles. The number of aliphatic hydroxyl groups is 10. The second-order valence-electron chi connectivity index (χ2n) is 23.0. The van der Waals surface area contributed by atoms with Crippen LogP contribution in [0.2, 0.25) is 0 Å². The van der Waals surface area contributed by atoms with E-state index in [9.17, 15) is 51.1 Å². The van der Waals surface area contributed by atoms with Crippen molar-refractivity contribution in [3.05, 3.63) is 0 Å². The van der Waals surface area contributed by atoms with Crippen molar-refractivity contribution in [1.29, 1.82) is 0 Å². The summed E-state index contributed by atoms with van der Waals surface area (Å²) in [6.07, 6.45) is -12.2. The van der Waals surface area contributed by atoms with Gasteiger partial charge in [0, 0.05) is 5.92 Å². The molecule has 0 unspecified atom stereocenters. The Kier molecular flexibility index (Phi) is 11.5. The van der Waals surface area contributed by atoms with Crippen molar-refractivity contribution in [2.45, 2.75) is 216 Å². The van der Waals surface area contributed by atoms with Gasteiger partial charge in [0.15, 0.2) is 18.9 Å². The Morgan fingerprint density at radius 1 is 0.565 bits per heavy atom. The predicted molar refractivity (Wildman–Crippen MR) is 214 cm³/mol. The highest BCUT2D eigenvalue weighted by Crippen LogP contribution is 2.89. The largest absolute Gasteiger partial charge is 0.393 e. The van der Waals surface area contributed by atoms with Gasteiger partial charge in [0.25, 0.3) is 0 Å². The van der Waals surface area contributed by atoms with Crippen LogP contribution in [0.15, 0.2) is 0 Å². The molecule has 5 saturated carbocycles. The van der Waals surface area contributed by atoms with Crippen molar-refractivity contribution >= 4 is 0 Å². The summed E-state index contributed by atoms with van der Waals surface area (Å²) in [5.41, 5.74) is -3.33. The summed E-state index contributed by atoms with van der Waals surface area (Å²) in [5, 5.41) is 109. The molecular formula is C45H74O17.